The Labute approximate surface area is 93.5 Å². The zero-order valence-corrected chi connectivity index (χ0v) is 10.2. The van der Waals surface area contributed by atoms with Gasteiger partial charge < -0.3 is 14.9 Å². The molecular weight excluding hydrogens is 190 g/mol. The molecule has 0 atom stereocenters. The first-order chi connectivity index (χ1) is 7.26. The maximum absolute atomic E-state index is 8.88. The van der Waals surface area contributed by atoms with Gasteiger partial charge >= 0.3 is 0 Å². The van der Waals surface area contributed by atoms with E-state index in [1.165, 1.54) is 26.2 Å². The van der Waals surface area contributed by atoms with E-state index in [-0.39, 0.29) is 6.61 Å². The van der Waals surface area contributed by atoms with E-state index in [1.54, 1.807) is 0 Å². The number of aliphatic hydroxyl groups is 1. The third-order valence-corrected chi connectivity index (χ3v) is 3.19. The van der Waals surface area contributed by atoms with Crippen molar-refractivity contribution in [3.05, 3.63) is 0 Å². The minimum absolute atomic E-state index is 0.274. The largest absolute Gasteiger partial charge is 0.395 e. The first kappa shape index (κ1) is 12.9. The summed E-state index contributed by atoms with van der Waals surface area (Å²) in [6, 6.07) is 0. The number of nitrogens with zero attached hydrogens (tertiary/aromatic N) is 3. The van der Waals surface area contributed by atoms with Gasteiger partial charge in [-0.05, 0) is 13.6 Å². The standard InChI is InChI=1S/C11H25N3O/c1-3-13(10-11-15)8-9-14-6-4-12(2)5-7-14/h15H,3-11H2,1-2H3. The second kappa shape index (κ2) is 7.17. The summed E-state index contributed by atoms with van der Waals surface area (Å²) in [4.78, 5) is 7.19. The van der Waals surface area contributed by atoms with Gasteiger partial charge in [-0.25, -0.2) is 0 Å². The number of rotatable bonds is 6. The molecular formula is C11H25N3O. The van der Waals surface area contributed by atoms with E-state index in [0.717, 1.165) is 26.2 Å². The Kier molecular flexibility index (Phi) is 6.17. The van der Waals surface area contributed by atoms with Crippen molar-refractivity contribution in [1.29, 1.82) is 0 Å². The van der Waals surface area contributed by atoms with Gasteiger partial charge in [0.15, 0.2) is 0 Å². The summed E-state index contributed by atoms with van der Waals surface area (Å²) >= 11 is 0. The molecule has 1 heterocycles. The Morgan fingerprint density at radius 3 is 2.33 bits per heavy atom. The van der Waals surface area contributed by atoms with Crippen LogP contribution in [0.25, 0.3) is 0 Å². The summed E-state index contributed by atoms with van der Waals surface area (Å²) < 4.78 is 0. The van der Waals surface area contributed by atoms with Crippen LogP contribution in [0, 0.1) is 0 Å². The monoisotopic (exact) mass is 215 g/mol. The van der Waals surface area contributed by atoms with Crippen LogP contribution in [-0.2, 0) is 0 Å². The molecule has 15 heavy (non-hydrogen) atoms. The van der Waals surface area contributed by atoms with E-state index in [1.807, 2.05) is 0 Å². The van der Waals surface area contributed by atoms with Gasteiger partial charge in [0.1, 0.15) is 0 Å². The number of hydrogen-bond acceptors (Lipinski definition) is 4. The van der Waals surface area contributed by atoms with E-state index >= 15 is 0 Å². The molecule has 1 fully saturated rings. The molecule has 0 aromatic heterocycles. The van der Waals surface area contributed by atoms with Gasteiger partial charge in [-0.3, -0.25) is 4.90 Å². The average Bonchev–Trinajstić information content (AvgIpc) is 2.26. The molecule has 0 bridgehead atoms. The van der Waals surface area contributed by atoms with Crippen molar-refractivity contribution in [3.8, 4) is 0 Å². The molecule has 1 rings (SSSR count). The van der Waals surface area contributed by atoms with Crippen LogP contribution in [0.2, 0.25) is 0 Å². The maximum Gasteiger partial charge on any atom is 0.0558 e. The molecule has 0 unspecified atom stereocenters. The van der Waals surface area contributed by atoms with Crippen LogP contribution < -0.4 is 0 Å². The molecule has 0 spiro atoms. The van der Waals surface area contributed by atoms with E-state index < -0.39 is 0 Å². The lowest BCUT2D eigenvalue weighted by molar-refractivity contribution is 0.128. The molecule has 0 aliphatic carbocycles. The summed E-state index contributed by atoms with van der Waals surface area (Å²) in [7, 11) is 2.18. The lowest BCUT2D eigenvalue weighted by Gasteiger charge is -2.33. The maximum atomic E-state index is 8.88. The van der Waals surface area contributed by atoms with Crippen molar-refractivity contribution < 1.29 is 5.11 Å². The zero-order chi connectivity index (χ0) is 11.1. The highest BCUT2D eigenvalue weighted by Crippen LogP contribution is 1.99. The third kappa shape index (κ3) is 4.93. The van der Waals surface area contributed by atoms with Crippen LogP contribution in [0.1, 0.15) is 6.92 Å². The molecule has 0 amide bonds. The quantitative estimate of drug-likeness (QED) is 0.650. The predicted octanol–water partition coefficient (Wildman–Crippen LogP) is -0.452. The lowest BCUT2D eigenvalue weighted by Crippen LogP contribution is -2.47. The Morgan fingerprint density at radius 2 is 1.80 bits per heavy atom. The first-order valence-electron chi connectivity index (χ1n) is 6.00. The van der Waals surface area contributed by atoms with Gasteiger partial charge in [-0.1, -0.05) is 6.92 Å². The van der Waals surface area contributed by atoms with Gasteiger partial charge in [-0.2, -0.15) is 0 Å². The average molecular weight is 215 g/mol. The molecule has 0 aromatic rings. The van der Waals surface area contributed by atoms with Crippen molar-refractivity contribution in [1.82, 2.24) is 14.7 Å². The molecule has 4 nitrogen and oxygen atoms in total. The number of hydrogen-bond donors (Lipinski definition) is 1. The fourth-order valence-electron chi connectivity index (χ4n) is 1.92. The van der Waals surface area contributed by atoms with Gasteiger partial charge in [-0.15, -0.1) is 0 Å². The van der Waals surface area contributed by atoms with Crippen LogP contribution in [0.4, 0.5) is 0 Å². The van der Waals surface area contributed by atoms with Crippen molar-refractivity contribution in [3.63, 3.8) is 0 Å². The molecule has 0 radical (unpaired) electrons. The molecule has 1 N–H and O–H groups in total. The summed E-state index contributed by atoms with van der Waals surface area (Å²) in [5.41, 5.74) is 0. The van der Waals surface area contributed by atoms with Crippen molar-refractivity contribution in [2.75, 3.05) is 66.0 Å². The fourth-order valence-corrected chi connectivity index (χ4v) is 1.92. The van der Waals surface area contributed by atoms with E-state index in [4.69, 9.17) is 5.11 Å². The zero-order valence-electron chi connectivity index (χ0n) is 10.2. The highest BCUT2D eigenvalue weighted by molar-refractivity contribution is 4.70. The topological polar surface area (TPSA) is 30.0 Å². The fraction of sp³-hybridized carbons (Fsp3) is 1.00. The SMILES string of the molecule is CCN(CCO)CCN1CCN(C)CC1. The number of piperazine rings is 1. The number of likely N-dealkylation sites (N-methyl/N-ethyl adjacent to an activating group) is 2. The van der Waals surface area contributed by atoms with Crippen LogP contribution in [0.3, 0.4) is 0 Å². The Bertz CT molecular complexity index is 158. The van der Waals surface area contributed by atoms with Gasteiger partial charge in [0, 0.05) is 45.8 Å². The number of aliphatic hydroxyl groups excluding tert-OH is 1. The molecule has 1 saturated heterocycles. The summed E-state index contributed by atoms with van der Waals surface area (Å²) in [5.74, 6) is 0. The van der Waals surface area contributed by atoms with Crippen molar-refractivity contribution in [2.24, 2.45) is 0 Å². The Hall–Kier alpha value is -0.160. The molecule has 1 aliphatic heterocycles. The van der Waals surface area contributed by atoms with Gasteiger partial charge in [0.25, 0.3) is 0 Å². The van der Waals surface area contributed by atoms with Gasteiger partial charge in [0.05, 0.1) is 6.61 Å². The highest BCUT2D eigenvalue weighted by atomic mass is 16.3. The Balaban J connectivity index is 2.12. The van der Waals surface area contributed by atoms with Crippen LogP contribution in [0.5, 0.6) is 0 Å². The Morgan fingerprint density at radius 1 is 1.13 bits per heavy atom. The summed E-state index contributed by atoms with van der Waals surface area (Å²) in [6.45, 7) is 11.2. The summed E-state index contributed by atoms with van der Waals surface area (Å²) in [6.07, 6.45) is 0. The second-order valence-corrected chi connectivity index (χ2v) is 4.30. The van der Waals surface area contributed by atoms with Gasteiger partial charge in [0.2, 0.25) is 0 Å². The van der Waals surface area contributed by atoms with Crippen LogP contribution >= 0.6 is 0 Å². The molecule has 1 aliphatic rings. The predicted molar refractivity (Wildman–Crippen MR) is 63.1 cm³/mol. The smallest absolute Gasteiger partial charge is 0.0558 e. The van der Waals surface area contributed by atoms with Crippen molar-refractivity contribution >= 4 is 0 Å². The minimum atomic E-state index is 0.274. The molecule has 0 aromatic carbocycles. The second-order valence-electron chi connectivity index (χ2n) is 4.30. The van der Waals surface area contributed by atoms with E-state index in [9.17, 15) is 0 Å². The van der Waals surface area contributed by atoms with E-state index in [2.05, 4.69) is 28.7 Å². The van der Waals surface area contributed by atoms with E-state index in [0.29, 0.717) is 0 Å². The van der Waals surface area contributed by atoms with Crippen LogP contribution in [-0.4, -0.2) is 85.8 Å². The molecule has 4 heteroatoms. The molecule has 90 valence electrons. The lowest BCUT2D eigenvalue weighted by atomic mass is 10.3. The first-order valence-corrected chi connectivity index (χ1v) is 6.00. The van der Waals surface area contributed by atoms with Crippen molar-refractivity contribution in [2.45, 2.75) is 6.92 Å². The molecule has 0 saturated carbocycles. The third-order valence-electron chi connectivity index (χ3n) is 3.19. The minimum Gasteiger partial charge on any atom is -0.395 e. The highest BCUT2D eigenvalue weighted by Gasteiger charge is 2.13. The summed E-state index contributed by atoms with van der Waals surface area (Å²) in [5, 5.41) is 8.88. The van der Waals surface area contributed by atoms with Crippen LogP contribution in [0.15, 0.2) is 0 Å². The normalized spacial score (nSPS) is 20.0.